The molecule has 3 rings (SSSR count). The van der Waals surface area contributed by atoms with Crippen molar-refractivity contribution in [1.29, 1.82) is 5.26 Å². The monoisotopic (exact) mass is 403 g/mol. The molecule has 2 aliphatic heterocycles. The Labute approximate surface area is 169 Å². The van der Waals surface area contributed by atoms with Gasteiger partial charge in [-0.05, 0) is 57.4 Å². The molecule has 2 fully saturated rings. The van der Waals surface area contributed by atoms with Gasteiger partial charge >= 0.3 is 6.09 Å². The molecule has 0 bridgehead atoms. The molecule has 0 radical (unpaired) electrons. The lowest BCUT2D eigenvalue weighted by atomic mass is 9.94. The highest BCUT2D eigenvalue weighted by molar-refractivity contribution is 5.79. The third-order valence-electron chi connectivity index (χ3n) is 5.05. The molecule has 0 unspecified atom stereocenters. The van der Waals surface area contributed by atoms with Crippen LogP contribution in [0.4, 0.5) is 9.18 Å². The van der Waals surface area contributed by atoms with E-state index in [1.165, 1.54) is 11.1 Å². The van der Waals surface area contributed by atoms with Crippen molar-refractivity contribution in [2.75, 3.05) is 19.7 Å². The molecular formula is C21H26FN3O4. The summed E-state index contributed by atoms with van der Waals surface area (Å²) in [5.74, 6) is -0.957. The van der Waals surface area contributed by atoms with Gasteiger partial charge in [0.1, 0.15) is 11.4 Å². The second-order valence-electron chi connectivity index (χ2n) is 8.43. The molecule has 8 heteroatoms. The number of likely N-dealkylation sites (tertiary alicyclic amines) is 1. The first-order valence-electron chi connectivity index (χ1n) is 9.82. The van der Waals surface area contributed by atoms with Gasteiger partial charge in [0, 0.05) is 25.4 Å². The number of benzene rings is 1. The minimum absolute atomic E-state index is 0.167. The predicted octanol–water partition coefficient (Wildman–Crippen LogP) is 3.55. The third kappa shape index (κ3) is 5.04. The van der Waals surface area contributed by atoms with Crippen LogP contribution in [0.25, 0.3) is 0 Å². The van der Waals surface area contributed by atoms with Gasteiger partial charge in [-0.3, -0.25) is 9.63 Å². The first-order valence-corrected chi connectivity index (χ1v) is 9.82. The minimum Gasteiger partial charge on any atom is -0.444 e. The SMILES string of the molecule is CC(C)(C)OC(=O)N1CCC(C(=O)N2OCC[C@H]2c2cc(F)cc(C#N)c2)CC1. The zero-order valence-electron chi connectivity index (χ0n) is 17.0. The molecule has 2 aliphatic rings. The zero-order valence-corrected chi connectivity index (χ0v) is 17.0. The molecule has 0 N–H and O–H groups in total. The number of hydroxylamine groups is 2. The summed E-state index contributed by atoms with van der Waals surface area (Å²) in [5.41, 5.74) is 0.205. The van der Waals surface area contributed by atoms with Crippen LogP contribution in [0, 0.1) is 23.1 Å². The van der Waals surface area contributed by atoms with E-state index in [9.17, 15) is 14.0 Å². The van der Waals surface area contributed by atoms with Crippen LogP contribution < -0.4 is 0 Å². The Bertz CT molecular complexity index is 822. The molecule has 2 amide bonds. The van der Waals surface area contributed by atoms with E-state index in [4.69, 9.17) is 14.8 Å². The van der Waals surface area contributed by atoms with E-state index >= 15 is 0 Å². The van der Waals surface area contributed by atoms with E-state index < -0.39 is 17.5 Å². The molecular weight excluding hydrogens is 377 g/mol. The second-order valence-corrected chi connectivity index (χ2v) is 8.43. The molecule has 156 valence electrons. The summed E-state index contributed by atoms with van der Waals surface area (Å²) in [4.78, 5) is 32.4. The molecule has 29 heavy (non-hydrogen) atoms. The average Bonchev–Trinajstić information content (AvgIpc) is 3.15. The largest absolute Gasteiger partial charge is 0.444 e. The van der Waals surface area contributed by atoms with Crippen molar-refractivity contribution in [1.82, 2.24) is 9.96 Å². The Morgan fingerprint density at radius 2 is 1.90 bits per heavy atom. The lowest BCUT2D eigenvalue weighted by Crippen LogP contribution is -2.45. The van der Waals surface area contributed by atoms with Crippen LogP contribution >= 0.6 is 0 Å². The first kappa shape index (κ1) is 21.1. The van der Waals surface area contributed by atoms with E-state index in [1.807, 2.05) is 26.8 Å². The smallest absolute Gasteiger partial charge is 0.410 e. The molecule has 0 aromatic heterocycles. The zero-order chi connectivity index (χ0) is 21.2. The Kier molecular flexibility index (Phi) is 6.08. The predicted molar refractivity (Wildman–Crippen MR) is 102 cm³/mol. The summed E-state index contributed by atoms with van der Waals surface area (Å²) < 4.78 is 19.2. The van der Waals surface area contributed by atoms with E-state index in [2.05, 4.69) is 0 Å². The Morgan fingerprint density at radius 3 is 2.52 bits per heavy atom. The number of hydrogen-bond donors (Lipinski definition) is 0. The highest BCUT2D eigenvalue weighted by atomic mass is 19.1. The first-order chi connectivity index (χ1) is 13.7. The van der Waals surface area contributed by atoms with Gasteiger partial charge in [0.05, 0.1) is 24.3 Å². The van der Waals surface area contributed by atoms with Gasteiger partial charge in [-0.1, -0.05) is 0 Å². The molecule has 0 saturated carbocycles. The Morgan fingerprint density at radius 1 is 1.21 bits per heavy atom. The Hall–Kier alpha value is -2.66. The fourth-order valence-electron chi connectivity index (χ4n) is 3.67. The topological polar surface area (TPSA) is 82.9 Å². The number of nitrogens with zero attached hydrogens (tertiary/aromatic N) is 3. The molecule has 1 aromatic carbocycles. The number of nitriles is 1. The number of piperidine rings is 1. The van der Waals surface area contributed by atoms with Crippen LogP contribution in [0.1, 0.15) is 57.2 Å². The highest BCUT2D eigenvalue weighted by Crippen LogP contribution is 2.34. The summed E-state index contributed by atoms with van der Waals surface area (Å²) in [6.45, 7) is 6.67. The number of carbonyl (C=O) groups excluding carboxylic acids is 2. The molecule has 0 spiro atoms. The molecule has 2 heterocycles. The molecule has 1 atom stereocenters. The maximum Gasteiger partial charge on any atom is 0.410 e. The average molecular weight is 403 g/mol. The second kappa shape index (κ2) is 8.37. The van der Waals surface area contributed by atoms with Crippen LogP contribution in [0.5, 0.6) is 0 Å². The molecule has 0 aliphatic carbocycles. The van der Waals surface area contributed by atoms with E-state index in [1.54, 1.807) is 11.0 Å². The van der Waals surface area contributed by atoms with Crippen LogP contribution in [0.2, 0.25) is 0 Å². The minimum atomic E-state index is -0.562. The summed E-state index contributed by atoms with van der Waals surface area (Å²) >= 11 is 0. The lowest BCUT2D eigenvalue weighted by molar-refractivity contribution is -0.183. The molecule has 7 nitrogen and oxygen atoms in total. The van der Waals surface area contributed by atoms with Gasteiger partial charge in [0.25, 0.3) is 0 Å². The fraction of sp³-hybridized carbons (Fsp3) is 0.571. The summed E-state index contributed by atoms with van der Waals surface area (Å²) in [7, 11) is 0. The van der Waals surface area contributed by atoms with E-state index in [0.717, 1.165) is 6.07 Å². The van der Waals surface area contributed by atoms with Gasteiger partial charge in [0.15, 0.2) is 0 Å². The van der Waals surface area contributed by atoms with E-state index in [0.29, 0.717) is 44.5 Å². The van der Waals surface area contributed by atoms with Gasteiger partial charge < -0.3 is 9.64 Å². The third-order valence-corrected chi connectivity index (χ3v) is 5.05. The number of hydrogen-bond acceptors (Lipinski definition) is 5. The standard InChI is InChI=1S/C21H26FN3O4/c1-21(2,3)29-20(27)24-7-4-15(5-8-24)19(26)25-18(6-9-28-25)16-10-14(13-23)11-17(22)12-16/h10-12,15,18H,4-9H2,1-3H3/t18-/m0/s1. The number of amides is 2. The molecule has 2 saturated heterocycles. The number of rotatable bonds is 2. The summed E-state index contributed by atoms with van der Waals surface area (Å²) in [6.07, 6.45) is 1.19. The van der Waals surface area contributed by atoms with Crippen molar-refractivity contribution in [3.8, 4) is 6.07 Å². The van der Waals surface area contributed by atoms with Crippen LogP contribution in [0.3, 0.4) is 0 Å². The van der Waals surface area contributed by atoms with Crippen LogP contribution in [-0.2, 0) is 14.4 Å². The van der Waals surface area contributed by atoms with Crippen molar-refractivity contribution in [3.63, 3.8) is 0 Å². The van der Waals surface area contributed by atoms with Gasteiger partial charge in [-0.15, -0.1) is 0 Å². The maximum atomic E-state index is 13.8. The van der Waals surface area contributed by atoms with Crippen LogP contribution in [-0.4, -0.2) is 47.3 Å². The number of halogens is 1. The summed E-state index contributed by atoms with van der Waals surface area (Å²) in [6, 6.07) is 5.61. The van der Waals surface area contributed by atoms with Crippen molar-refractivity contribution in [2.45, 2.75) is 51.7 Å². The highest BCUT2D eigenvalue weighted by Gasteiger charge is 2.38. The van der Waals surface area contributed by atoms with Crippen molar-refractivity contribution >= 4 is 12.0 Å². The molecule has 1 aromatic rings. The fourth-order valence-corrected chi connectivity index (χ4v) is 3.67. The maximum absolute atomic E-state index is 13.8. The van der Waals surface area contributed by atoms with Crippen molar-refractivity contribution in [2.24, 2.45) is 5.92 Å². The normalized spacial score (nSPS) is 20.4. The number of carbonyl (C=O) groups is 2. The van der Waals surface area contributed by atoms with Crippen molar-refractivity contribution in [3.05, 3.63) is 35.1 Å². The van der Waals surface area contributed by atoms with Gasteiger partial charge in [-0.2, -0.15) is 5.26 Å². The quantitative estimate of drug-likeness (QED) is 0.754. The van der Waals surface area contributed by atoms with E-state index in [-0.39, 0.29) is 23.5 Å². The summed E-state index contributed by atoms with van der Waals surface area (Å²) in [5, 5.41) is 10.4. The Balaban J connectivity index is 1.64. The van der Waals surface area contributed by atoms with Gasteiger partial charge in [-0.25, -0.2) is 14.2 Å². The van der Waals surface area contributed by atoms with Crippen LogP contribution in [0.15, 0.2) is 18.2 Å². The van der Waals surface area contributed by atoms with Crippen molar-refractivity contribution < 1.29 is 23.6 Å². The number of ether oxygens (including phenoxy) is 1. The lowest BCUT2D eigenvalue weighted by Gasteiger charge is -2.34. The van der Waals surface area contributed by atoms with Gasteiger partial charge in [0.2, 0.25) is 5.91 Å².